The first-order valence-corrected chi connectivity index (χ1v) is 6.00. The predicted molar refractivity (Wildman–Crippen MR) is 69.0 cm³/mol. The van der Waals surface area contributed by atoms with Gasteiger partial charge >= 0.3 is 0 Å². The van der Waals surface area contributed by atoms with Gasteiger partial charge in [-0.2, -0.15) is 9.65 Å². The molecule has 1 aromatic carbocycles. The highest BCUT2D eigenvalue weighted by Crippen LogP contribution is 2.14. The number of nitrogens with zero attached hydrogens (tertiary/aromatic N) is 3. The van der Waals surface area contributed by atoms with Crippen molar-refractivity contribution >= 4 is 5.91 Å². The summed E-state index contributed by atoms with van der Waals surface area (Å²) in [7, 11) is 0. The molecule has 0 fully saturated rings. The summed E-state index contributed by atoms with van der Waals surface area (Å²) in [5, 5.41) is 11.2. The number of benzene rings is 1. The van der Waals surface area contributed by atoms with Crippen LogP contribution in [0.1, 0.15) is 34.7 Å². The number of carbonyl (C=O) groups excluding carboxylic acids is 1. The van der Waals surface area contributed by atoms with Crippen LogP contribution in [0, 0.1) is 23.1 Å². The lowest BCUT2D eigenvalue weighted by molar-refractivity contribution is 0.0929. The largest absolute Gasteiger partial charge is 0.344 e. The molecule has 1 aromatic heterocycles. The van der Waals surface area contributed by atoms with Crippen LogP contribution in [0.2, 0.25) is 0 Å². The average molecular weight is 288 g/mol. The molecule has 0 spiro atoms. The summed E-state index contributed by atoms with van der Waals surface area (Å²) >= 11 is 0. The van der Waals surface area contributed by atoms with Crippen molar-refractivity contribution in [1.82, 2.24) is 15.3 Å². The van der Waals surface area contributed by atoms with Gasteiger partial charge < -0.3 is 5.32 Å². The maximum atomic E-state index is 13.5. The molecule has 1 N–H and O–H groups in total. The Morgan fingerprint density at radius 3 is 2.62 bits per heavy atom. The van der Waals surface area contributed by atoms with Gasteiger partial charge in [0.2, 0.25) is 5.95 Å². The van der Waals surface area contributed by atoms with Crippen LogP contribution in [0.25, 0.3) is 0 Å². The van der Waals surface area contributed by atoms with Gasteiger partial charge in [-0.05, 0) is 24.6 Å². The normalized spacial score (nSPS) is 11.5. The quantitative estimate of drug-likeness (QED) is 0.938. The second-order valence-corrected chi connectivity index (χ2v) is 4.25. The summed E-state index contributed by atoms with van der Waals surface area (Å²) in [4.78, 5) is 18.8. The van der Waals surface area contributed by atoms with E-state index in [1.807, 2.05) is 0 Å². The molecule has 5 nitrogen and oxygen atoms in total. The van der Waals surface area contributed by atoms with Crippen molar-refractivity contribution in [2.24, 2.45) is 0 Å². The van der Waals surface area contributed by atoms with E-state index in [1.54, 1.807) is 13.0 Å². The summed E-state index contributed by atoms with van der Waals surface area (Å²) in [6.45, 7) is 1.66. The highest BCUT2D eigenvalue weighted by molar-refractivity contribution is 5.92. The van der Waals surface area contributed by atoms with Gasteiger partial charge in [-0.1, -0.05) is 12.1 Å². The third kappa shape index (κ3) is 3.36. The lowest BCUT2D eigenvalue weighted by Gasteiger charge is -2.14. The topological polar surface area (TPSA) is 78.7 Å². The zero-order chi connectivity index (χ0) is 15.4. The zero-order valence-corrected chi connectivity index (χ0v) is 11.0. The number of hydrogen-bond acceptors (Lipinski definition) is 4. The van der Waals surface area contributed by atoms with Crippen LogP contribution >= 0.6 is 0 Å². The summed E-state index contributed by atoms with van der Waals surface area (Å²) < 4.78 is 26.3. The second-order valence-electron chi connectivity index (χ2n) is 4.25. The van der Waals surface area contributed by atoms with Crippen LogP contribution in [0.4, 0.5) is 8.78 Å². The SMILES string of the molecule is CC(NC(=O)c1nc(C#N)cnc1F)c1ccc(F)cc1. The Labute approximate surface area is 119 Å². The Balaban J connectivity index is 2.18. The van der Waals surface area contributed by atoms with Crippen molar-refractivity contribution in [2.75, 3.05) is 0 Å². The third-order valence-corrected chi connectivity index (χ3v) is 2.78. The third-order valence-electron chi connectivity index (χ3n) is 2.78. The Morgan fingerprint density at radius 2 is 2.00 bits per heavy atom. The highest BCUT2D eigenvalue weighted by Gasteiger charge is 2.18. The van der Waals surface area contributed by atoms with Gasteiger partial charge in [-0.15, -0.1) is 0 Å². The molecule has 0 saturated carbocycles. The van der Waals surface area contributed by atoms with Gasteiger partial charge in [-0.25, -0.2) is 14.4 Å². The van der Waals surface area contributed by atoms with E-state index in [0.717, 1.165) is 6.20 Å². The fraction of sp³-hybridized carbons (Fsp3) is 0.143. The van der Waals surface area contributed by atoms with Crippen LogP contribution in [0.5, 0.6) is 0 Å². The Morgan fingerprint density at radius 1 is 1.33 bits per heavy atom. The lowest BCUT2D eigenvalue weighted by atomic mass is 10.1. The second kappa shape index (κ2) is 6.05. The fourth-order valence-electron chi connectivity index (χ4n) is 1.67. The van der Waals surface area contributed by atoms with Crippen molar-refractivity contribution in [3.8, 4) is 6.07 Å². The molecule has 1 atom stereocenters. The number of amides is 1. The molecule has 1 amide bonds. The van der Waals surface area contributed by atoms with Crippen LogP contribution in [-0.2, 0) is 0 Å². The van der Waals surface area contributed by atoms with Crippen LogP contribution in [0.3, 0.4) is 0 Å². The first-order chi connectivity index (χ1) is 10.0. The predicted octanol–water partition coefficient (Wildman–Crippen LogP) is 2.12. The monoisotopic (exact) mass is 288 g/mol. The molecule has 1 unspecified atom stereocenters. The molecule has 2 aromatic rings. The van der Waals surface area contributed by atoms with Crippen LogP contribution < -0.4 is 5.32 Å². The standard InChI is InChI=1S/C14H10F2N4O/c1-8(9-2-4-10(15)5-3-9)19-14(21)12-13(16)18-7-11(6-17)20-12/h2-5,7-8H,1H3,(H,19,21). The molecule has 21 heavy (non-hydrogen) atoms. The summed E-state index contributed by atoms with van der Waals surface area (Å²) in [5.74, 6) is -2.25. The summed E-state index contributed by atoms with van der Waals surface area (Å²) in [6.07, 6.45) is 0.940. The first kappa shape index (κ1) is 14.5. The minimum atomic E-state index is -1.06. The molecule has 0 aliphatic rings. The zero-order valence-electron chi connectivity index (χ0n) is 11.0. The van der Waals surface area contributed by atoms with E-state index in [-0.39, 0.29) is 5.69 Å². The number of halogens is 2. The van der Waals surface area contributed by atoms with Gasteiger partial charge in [0.25, 0.3) is 5.91 Å². The van der Waals surface area contributed by atoms with E-state index in [0.29, 0.717) is 5.56 Å². The Hall–Kier alpha value is -2.88. The maximum absolute atomic E-state index is 13.5. The smallest absolute Gasteiger partial charge is 0.275 e. The first-order valence-electron chi connectivity index (χ1n) is 6.00. The van der Waals surface area contributed by atoms with Crippen molar-refractivity contribution in [1.29, 1.82) is 5.26 Å². The van der Waals surface area contributed by atoms with Crippen molar-refractivity contribution in [3.63, 3.8) is 0 Å². The van der Waals surface area contributed by atoms with Gasteiger partial charge in [0.15, 0.2) is 11.4 Å². The van der Waals surface area contributed by atoms with Crippen LogP contribution in [-0.4, -0.2) is 15.9 Å². The molecular formula is C14H10F2N4O. The van der Waals surface area contributed by atoms with E-state index < -0.39 is 29.4 Å². The van der Waals surface area contributed by atoms with Crippen molar-refractivity contribution in [3.05, 3.63) is 59.2 Å². The summed E-state index contributed by atoms with van der Waals surface area (Å²) in [5.41, 5.74) is -0.0615. The summed E-state index contributed by atoms with van der Waals surface area (Å²) in [6, 6.07) is 6.73. The number of nitriles is 1. The molecule has 0 radical (unpaired) electrons. The molecule has 1 heterocycles. The molecule has 7 heteroatoms. The van der Waals surface area contributed by atoms with E-state index >= 15 is 0 Å². The lowest BCUT2D eigenvalue weighted by Crippen LogP contribution is -2.29. The van der Waals surface area contributed by atoms with Crippen LogP contribution in [0.15, 0.2) is 30.5 Å². The van der Waals surface area contributed by atoms with Crippen molar-refractivity contribution < 1.29 is 13.6 Å². The Kier molecular flexibility index (Phi) is 4.18. The molecular weight excluding hydrogens is 278 g/mol. The van der Waals surface area contributed by atoms with E-state index in [2.05, 4.69) is 15.3 Å². The van der Waals surface area contributed by atoms with Crippen molar-refractivity contribution in [2.45, 2.75) is 13.0 Å². The molecule has 0 aliphatic heterocycles. The number of aromatic nitrogens is 2. The van der Waals surface area contributed by atoms with Gasteiger partial charge in [0.1, 0.15) is 11.9 Å². The molecule has 0 bridgehead atoms. The molecule has 0 saturated heterocycles. The minimum absolute atomic E-state index is 0.156. The number of hydrogen-bond donors (Lipinski definition) is 1. The van der Waals surface area contributed by atoms with Gasteiger partial charge in [0, 0.05) is 0 Å². The van der Waals surface area contributed by atoms with E-state index in [1.165, 1.54) is 24.3 Å². The molecule has 106 valence electrons. The van der Waals surface area contributed by atoms with Gasteiger partial charge in [0.05, 0.1) is 12.2 Å². The molecule has 0 aliphatic carbocycles. The number of nitrogens with one attached hydrogen (secondary N) is 1. The van der Waals surface area contributed by atoms with E-state index in [9.17, 15) is 13.6 Å². The van der Waals surface area contributed by atoms with E-state index in [4.69, 9.17) is 5.26 Å². The average Bonchev–Trinajstić information content (AvgIpc) is 2.48. The number of carbonyl (C=O) groups is 1. The fourth-order valence-corrected chi connectivity index (χ4v) is 1.67. The molecule has 2 rings (SSSR count). The van der Waals surface area contributed by atoms with Gasteiger partial charge in [-0.3, -0.25) is 4.79 Å². The Bertz CT molecular complexity index is 710. The maximum Gasteiger partial charge on any atom is 0.275 e. The minimum Gasteiger partial charge on any atom is -0.344 e. The highest BCUT2D eigenvalue weighted by atomic mass is 19.1. The number of rotatable bonds is 3.